The van der Waals surface area contributed by atoms with Crippen molar-refractivity contribution in [2.24, 2.45) is 5.73 Å². The quantitative estimate of drug-likeness (QED) is 0.894. The summed E-state index contributed by atoms with van der Waals surface area (Å²) in [5, 5.41) is 0. The fraction of sp³-hybridized carbons (Fsp3) is 0.154. The molecule has 0 aliphatic carbocycles. The molecule has 4 heteroatoms. The van der Waals surface area contributed by atoms with Crippen molar-refractivity contribution in [2.75, 3.05) is 5.73 Å². The van der Waals surface area contributed by atoms with E-state index in [2.05, 4.69) is 20.9 Å². The van der Waals surface area contributed by atoms with Crippen LogP contribution in [0.5, 0.6) is 0 Å². The highest BCUT2D eigenvalue weighted by molar-refractivity contribution is 9.10. The highest BCUT2D eigenvalue weighted by atomic mass is 79.9. The van der Waals surface area contributed by atoms with E-state index in [4.69, 9.17) is 11.5 Å². The van der Waals surface area contributed by atoms with Crippen molar-refractivity contribution in [3.63, 3.8) is 0 Å². The van der Waals surface area contributed by atoms with Crippen LogP contribution in [0.2, 0.25) is 0 Å². The van der Waals surface area contributed by atoms with Gasteiger partial charge in [-0.1, -0.05) is 22.0 Å². The zero-order chi connectivity index (χ0) is 12.4. The Bertz CT molecular complexity index is 540. The second kappa shape index (κ2) is 4.85. The van der Waals surface area contributed by atoms with Gasteiger partial charge in [-0.2, -0.15) is 0 Å². The Morgan fingerprint density at radius 3 is 2.65 bits per heavy atom. The Morgan fingerprint density at radius 1 is 1.24 bits per heavy atom. The first-order chi connectivity index (χ1) is 8.09. The fourth-order valence-corrected chi connectivity index (χ4v) is 2.31. The average Bonchev–Trinajstić information content (AvgIpc) is 2.29. The molecule has 0 amide bonds. The Kier molecular flexibility index (Phi) is 3.45. The molecule has 3 nitrogen and oxygen atoms in total. The average molecular weight is 292 g/mol. The van der Waals surface area contributed by atoms with Crippen molar-refractivity contribution in [2.45, 2.75) is 13.0 Å². The van der Waals surface area contributed by atoms with E-state index in [1.54, 1.807) is 18.5 Å². The maximum absolute atomic E-state index is 6.23. The minimum absolute atomic E-state index is 0.239. The van der Waals surface area contributed by atoms with E-state index in [1.807, 2.05) is 25.1 Å². The van der Waals surface area contributed by atoms with Crippen LogP contribution in [0.1, 0.15) is 22.7 Å². The lowest BCUT2D eigenvalue weighted by Crippen LogP contribution is -2.15. The highest BCUT2D eigenvalue weighted by Gasteiger charge is 2.14. The van der Waals surface area contributed by atoms with Gasteiger partial charge < -0.3 is 11.5 Å². The van der Waals surface area contributed by atoms with Crippen LogP contribution in [0.3, 0.4) is 0 Å². The number of aromatic nitrogens is 1. The lowest BCUT2D eigenvalue weighted by Gasteiger charge is -2.16. The van der Waals surface area contributed by atoms with E-state index in [9.17, 15) is 0 Å². The molecule has 0 spiro atoms. The SMILES string of the molecule is Cc1cc(Br)ccc1C(N)c1cnccc1N. The lowest BCUT2D eigenvalue weighted by molar-refractivity contribution is 0.856. The number of hydrogen-bond acceptors (Lipinski definition) is 3. The molecule has 2 rings (SSSR count). The molecule has 1 atom stereocenters. The van der Waals surface area contributed by atoms with Crippen molar-refractivity contribution in [3.05, 3.63) is 57.8 Å². The van der Waals surface area contributed by atoms with Crippen LogP contribution < -0.4 is 11.5 Å². The standard InChI is InChI=1S/C13H14BrN3/c1-8-6-9(14)2-3-10(8)13(16)11-7-17-5-4-12(11)15/h2-7,13H,16H2,1H3,(H2,15,17). The molecule has 1 aromatic carbocycles. The molecule has 1 heterocycles. The van der Waals surface area contributed by atoms with Gasteiger partial charge in [-0.15, -0.1) is 0 Å². The number of anilines is 1. The number of halogens is 1. The lowest BCUT2D eigenvalue weighted by atomic mass is 9.96. The third-order valence-corrected chi connectivity index (χ3v) is 3.28. The van der Waals surface area contributed by atoms with Crippen LogP contribution in [0, 0.1) is 6.92 Å². The summed E-state index contributed by atoms with van der Waals surface area (Å²) in [7, 11) is 0. The first kappa shape index (κ1) is 12.1. The number of nitrogens with zero attached hydrogens (tertiary/aromatic N) is 1. The molecule has 17 heavy (non-hydrogen) atoms. The van der Waals surface area contributed by atoms with Gasteiger partial charge in [0.05, 0.1) is 6.04 Å². The summed E-state index contributed by atoms with van der Waals surface area (Å²) in [5.74, 6) is 0. The molecular weight excluding hydrogens is 278 g/mol. The molecule has 0 saturated heterocycles. The van der Waals surface area contributed by atoms with Crippen molar-refractivity contribution >= 4 is 21.6 Å². The Labute approximate surface area is 109 Å². The molecule has 1 aromatic heterocycles. The molecular formula is C13H14BrN3. The predicted molar refractivity (Wildman–Crippen MR) is 73.6 cm³/mol. The molecule has 2 aromatic rings. The predicted octanol–water partition coefficient (Wildman–Crippen LogP) is 2.78. The van der Waals surface area contributed by atoms with E-state index in [-0.39, 0.29) is 6.04 Å². The zero-order valence-corrected chi connectivity index (χ0v) is 11.1. The molecule has 0 bridgehead atoms. The molecule has 0 saturated carbocycles. The monoisotopic (exact) mass is 291 g/mol. The van der Waals surface area contributed by atoms with E-state index in [0.717, 1.165) is 21.2 Å². The minimum Gasteiger partial charge on any atom is -0.398 e. The minimum atomic E-state index is -0.239. The van der Waals surface area contributed by atoms with Gasteiger partial charge >= 0.3 is 0 Å². The summed E-state index contributed by atoms with van der Waals surface area (Å²) in [6.45, 7) is 2.03. The number of benzene rings is 1. The van der Waals surface area contributed by atoms with Crippen LogP contribution in [-0.4, -0.2) is 4.98 Å². The molecule has 0 aliphatic rings. The second-order valence-corrected chi connectivity index (χ2v) is 4.90. The summed E-state index contributed by atoms with van der Waals surface area (Å²) in [6, 6.07) is 7.56. The van der Waals surface area contributed by atoms with E-state index < -0.39 is 0 Å². The maximum atomic E-state index is 6.23. The van der Waals surface area contributed by atoms with Crippen molar-refractivity contribution in [3.8, 4) is 0 Å². The van der Waals surface area contributed by atoms with Gasteiger partial charge in [0.1, 0.15) is 0 Å². The van der Waals surface area contributed by atoms with Gasteiger partial charge in [0, 0.05) is 28.1 Å². The number of nitrogens with two attached hydrogens (primary N) is 2. The molecule has 0 aliphatic heterocycles. The fourth-order valence-electron chi connectivity index (χ4n) is 1.83. The van der Waals surface area contributed by atoms with Crippen LogP contribution in [0.15, 0.2) is 41.1 Å². The first-order valence-electron chi connectivity index (χ1n) is 5.30. The van der Waals surface area contributed by atoms with Gasteiger partial charge in [0.2, 0.25) is 0 Å². The number of nitrogen functional groups attached to an aromatic ring is 1. The van der Waals surface area contributed by atoms with Crippen LogP contribution in [0.4, 0.5) is 5.69 Å². The van der Waals surface area contributed by atoms with Crippen LogP contribution in [-0.2, 0) is 0 Å². The summed E-state index contributed by atoms with van der Waals surface area (Å²) < 4.78 is 1.05. The Morgan fingerprint density at radius 2 is 2.00 bits per heavy atom. The third-order valence-electron chi connectivity index (χ3n) is 2.79. The zero-order valence-electron chi connectivity index (χ0n) is 9.52. The Balaban J connectivity index is 2.44. The normalized spacial score (nSPS) is 12.4. The van der Waals surface area contributed by atoms with Gasteiger partial charge in [-0.3, -0.25) is 4.98 Å². The number of pyridine rings is 1. The molecule has 88 valence electrons. The number of rotatable bonds is 2. The molecule has 0 radical (unpaired) electrons. The maximum Gasteiger partial charge on any atom is 0.0590 e. The van der Waals surface area contributed by atoms with Gasteiger partial charge in [0.25, 0.3) is 0 Å². The summed E-state index contributed by atoms with van der Waals surface area (Å²) in [4.78, 5) is 4.07. The topological polar surface area (TPSA) is 64.9 Å². The molecule has 4 N–H and O–H groups in total. The highest BCUT2D eigenvalue weighted by Crippen LogP contribution is 2.27. The first-order valence-corrected chi connectivity index (χ1v) is 6.10. The second-order valence-electron chi connectivity index (χ2n) is 3.98. The van der Waals surface area contributed by atoms with E-state index in [1.165, 1.54) is 0 Å². The van der Waals surface area contributed by atoms with Crippen molar-refractivity contribution in [1.82, 2.24) is 4.98 Å². The van der Waals surface area contributed by atoms with Crippen molar-refractivity contribution in [1.29, 1.82) is 0 Å². The largest absolute Gasteiger partial charge is 0.398 e. The van der Waals surface area contributed by atoms with Crippen molar-refractivity contribution < 1.29 is 0 Å². The number of hydrogen-bond donors (Lipinski definition) is 2. The van der Waals surface area contributed by atoms with Crippen LogP contribution in [0.25, 0.3) is 0 Å². The smallest absolute Gasteiger partial charge is 0.0590 e. The van der Waals surface area contributed by atoms with E-state index >= 15 is 0 Å². The molecule has 1 unspecified atom stereocenters. The summed E-state index contributed by atoms with van der Waals surface area (Å²) in [6.07, 6.45) is 3.39. The summed E-state index contributed by atoms with van der Waals surface area (Å²) >= 11 is 3.44. The van der Waals surface area contributed by atoms with E-state index in [0.29, 0.717) is 5.69 Å². The van der Waals surface area contributed by atoms with Gasteiger partial charge in [-0.05, 0) is 36.2 Å². The van der Waals surface area contributed by atoms with Crippen LogP contribution >= 0.6 is 15.9 Å². The number of aryl methyl sites for hydroxylation is 1. The van der Waals surface area contributed by atoms with Gasteiger partial charge in [-0.25, -0.2) is 0 Å². The molecule has 0 fully saturated rings. The third kappa shape index (κ3) is 2.48. The summed E-state index contributed by atoms with van der Waals surface area (Å²) in [5.41, 5.74) is 15.9. The van der Waals surface area contributed by atoms with Gasteiger partial charge in [0.15, 0.2) is 0 Å². The Hall–Kier alpha value is -1.39.